The molecule has 0 radical (unpaired) electrons. The van der Waals surface area contributed by atoms with Gasteiger partial charge in [0, 0.05) is 25.3 Å². The quantitative estimate of drug-likeness (QED) is 0.903. The Morgan fingerprint density at radius 1 is 1.09 bits per heavy atom. The standard InChI is InChI=1S/C19H34N4/c1-15(2)17-13-21-23(14-17)19-8-10-22(11-9-19)18-6-4-16(5-7-18)12-20-3/h13-16,18-20H,4-12H2,1-3H3/t16-,18-. The molecule has 2 fully saturated rings. The molecule has 0 unspecified atom stereocenters. The monoisotopic (exact) mass is 318 g/mol. The van der Waals surface area contributed by atoms with E-state index in [0.29, 0.717) is 12.0 Å². The molecular formula is C19H34N4. The average Bonchev–Trinajstić information content (AvgIpc) is 3.06. The van der Waals surface area contributed by atoms with E-state index in [1.54, 1.807) is 0 Å². The SMILES string of the molecule is CNC[C@H]1CC[C@H](N2CCC(n3cc(C(C)C)cn3)CC2)CC1. The molecule has 0 atom stereocenters. The predicted molar refractivity (Wildman–Crippen MR) is 95.8 cm³/mol. The highest BCUT2D eigenvalue weighted by atomic mass is 15.3. The topological polar surface area (TPSA) is 33.1 Å². The van der Waals surface area contributed by atoms with Gasteiger partial charge in [-0.3, -0.25) is 4.68 Å². The van der Waals surface area contributed by atoms with E-state index in [2.05, 4.69) is 53.3 Å². The molecule has 2 heterocycles. The Morgan fingerprint density at radius 2 is 1.78 bits per heavy atom. The second-order valence-electron chi connectivity index (χ2n) is 7.91. The number of nitrogens with zero attached hydrogens (tertiary/aromatic N) is 3. The van der Waals surface area contributed by atoms with E-state index in [1.165, 1.54) is 63.7 Å². The fraction of sp³-hybridized carbons (Fsp3) is 0.842. The van der Waals surface area contributed by atoms with Crippen LogP contribution in [0.4, 0.5) is 0 Å². The van der Waals surface area contributed by atoms with Crippen molar-refractivity contribution in [2.24, 2.45) is 5.92 Å². The van der Waals surface area contributed by atoms with Gasteiger partial charge in [-0.25, -0.2) is 0 Å². The van der Waals surface area contributed by atoms with Gasteiger partial charge in [-0.05, 0) is 69.5 Å². The first-order chi connectivity index (χ1) is 11.2. The van der Waals surface area contributed by atoms with E-state index < -0.39 is 0 Å². The summed E-state index contributed by atoms with van der Waals surface area (Å²) in [4.78, 5) is 2.76. The van der Waals surface area contributed by atoms with Crippen molar-refractivity contribution < 1.29 is 0 Å². The second-order valence-corrected chi connectivity index (χ2v) is 7.91. The zero-order valence-electron chi connectivity index (χ0n) is 15.2. The summed E-state index contributed by atoms with van der Waals surface area (Å²) in [6.07, 6.45) is 12.5. The van der Waals surface area contributed by atoms with Crippen molar-refractivity contribution in [3.8, 4) is 0 Å². The lowest BCUT2D eigenvalue weighted by Crippen LogP contribution is -2.44. The van der Waals surface area contributed by atoms with E-state index in [1.807, 2.05) is 0 Å². The van der Waals surface area contributed by atoms with E-state index in [0.717, 1.165) is 12.0 Å². The van der Waals surface area contributed by atoms with Crippen LogP contribution < -0.4 is 5.32 Å². The number of hydrogen-bond donors (Lipinski definition) is 1. The Bertz CT molecular complexity index is 465. The number of nitrogens with one attached hydrogen (secondary N) is 1. The summed E-state index contributed by atoms with van der Waals surface area (Å²) in [5.74, 6) is 1.49. The molecule has 1 aromatic rings. The Labute approximate surface area is 141 Å². The maximum Gasteiger partial charge on any atom is 0.0543 e. The van der Waals surface area contributed by atoms with E-state index in [9.17, 15) is 0 Å². The first-order valence-corrected chi connectivity index (χ1v) is 9.60. The maximum atomic E-state index is 4.62. The maximum absolute atomic E-state index is 4.62. The first kappa shape index (κ1) is 17.0. The van der Waals surface area contributed by atoms with Gasteiger partial charge in [-0.1, -0.05) is 13.8 Å². The number of likely N-dealkylation sites (tertiary alicyclic amines) is 1. The summed E-state index contributed by atoms with van der Waals surface area (Å²) in [6.45, 7) is 8.20. The summed E-state index contributed by atoms with van der Waals surface area (Å²) in [5, 5.41) is 7.96. The van der Waals surface area contributed by atoms with Crippen LogP contribution in [0, 0.1) is 5.92 Å². The van der Waals surface area contributed by atoms with Crippen LogP contribution in [-0.4, -0.2) is 47.4 Å². The molecule has 1 saturated heterocycles. The van der Waals surface area contributed by atoms with Crippen LogP contribution in [0.15, 0.2) is 12.4 Å². The summed E-state index contributed by atoms with van der Waals surface area (Å²) in [7, 11) is 2.08. The van der Waals surface area contributed by atoms with Gasteiger partial charge in [0.1, 0.15) is 0 Å². The van der Waals surface area contributed by atoms with Crippen molar-refractivity contribution in [2.45, 2.75) is 70.4 Å². The van der Waals surface area contributed by atoms with Crippen molar-refractivity contribution in [1.29, 1.82) is 0 Å². The fourth-order valence-electron chi connectivity index (χ4n) is 4.37. The summed E-state index contributed by atoms with van der Waals surface area (Å²) >= 11 is 0. The van der Waals surface area contributed by atoms with Crippen molar-refractivity contribution in [2.75, 3.05) is 26.7 Å². The number of rotatable bonds is 5. The molecule has 4 nitrogen and oxygen atoms in total. The third kappa shape index (κ3) is 4.16. The molecule has 1 aliphatic heterocycles. The van der Waals surface area contributed by atoms with Crippen LogP contribution in [0.3, 0.4) is 0 Å². The second kappa shape index (κ2) is 7.80. The lowest BCUT2D eigenvalue weighted by Gasteiger charge is -2.40. The molecule has 1 N–H and O–H groups in total. The van der Waals surface area contributed by atoms with Crippen LogP contribution >= 0.6 is 0 Å². The van der Waals surface area contributed by atoms with E-state index in [-0.39, 0.29) is 0 Å². The molecule has 2 aliphatic rings. The Hall–Kier alpha value is -0.870. The van der Waals surface area contributed by atoms with Gasteiger partial charge >= 0.3 is 0 Å². The smallest absolute Gasteiger partial charge is 0.0543 e. The Kier molecular flexibility index (Phi) is 5.76. The third-order valence-corrected chi connectivity index (χ3v) is 5.99. The number of piperidine rings is 1. The number of hydrogen-bond acceptors (Lipinski definition) is 3. The highest BCUT2D eigenvalue weighted by Gasteiger charge is 2.29. The van der Waals surface area contributed by atoms with Gasteiger partial charge < -0.3 is 10.2 Å². The minimum atomic E-state index is 0.580. The van der Waals surface area contributed by atoms with Gasteiger partial charge in [0.2, 0.25) is 0 Å². The Morgan fingerprint density at radius 3 is 2.35 bits per heavy atom. The fourth-order valence-corrected chi connectivity index (χ4v) is 4.37. The van der Waals surface area contributed by atoms with Gasteiger partial charge in [0.25, 0.3) is 0 Å². The highest BCUT2D eigenvalue weighted by Crippen LogP contribution is 2.31. The van der Waals surface area contributed by atoms with Gasteiger partial charge in [0.05, 0.1) is 12.2 Å². The summed E-state index contributed by atoms with van der Waals surface area (Å²) in [6, 6.07) is 1.45. The van der Waals surface area contributed by atoms with Crippen LogP contribution in [-0.2, 0) is 0 Å². The highest BCUT2D eigenvalue weighted by molar-refractivity contribution is 5.09. The minimum Gasteiger partial charge on any atom is -0.319 e. The molecule has 0 amide bonds. The lowest BCUT2D eigenvalue weighted by atomic mass is 9.84. The Balaban J connectivity index is 1.47. The predicted octanol–water partition coefficient (Wildman–Crippen LogP) is 3.42. The molecular weight excluding hydrogens is 284 g/mol. The zero-order chi connectivity index (χ0) is 16.2. The molecule has 0 aromatic carbocycles. The number of aromatic nitrogens is 2. The molecule has 1 aliphatic carbocycles. The molecule has 0 bridgehead atoms. The normalized spacial score (nSPS) is 27.7. The third-order valence-electron chi connectivity index (χ3n) is 5.99. The van der Waals surface area contributed by atoms with Crippen LogP contribution in [0.5, 0.6) is 0 Å². The zero-order valence-corrected chi connectivity index (χ0v) is 15.2. The van der Waals surface area contributed by atoms with Crippen LogP contribution in [0.2, 0.25) is 0 Å². The minimum absolute atomic E-state index is 0.580. The molecule has 23 heavy (non-hydrogen) atoms. The molecule has 3 rings (SSSR count). The van der Waals surface area contributed by atoms with Crippen molar-refractivity contribution in [3.63, 3.8) is 0 Å². The molecule has 4 heteroatoms. The van der Waals surface area contributed by atoms with E-state index >= 15 is 0 Å². The lowest BCUT2D eigenvalue weighted by molar-refractivity contribution is 0.0939. The molecule has 0 spiro atoms. The summed E-state index contributed by atoms with van der Waals surface area (Å²) < 4.78 is 2.23. The van der Waals surface area contributed by atoms with E-state index in [4.69, 9.17) is 0 Å². The van der Waals surface area contributed by atoms with Crippen molar-refractivity contribution in [3.05, 3.63) is 18.0 Å². The van der Waals surface area contributed by atoms with Gasteiger partial charge in [-0.2, -0.15) is 5.10 Å². The van der Waals surface area contributed by atoms with Crippen LogP contribution in [0.25, 0.3) is 0 Å². The average molecular weight is 319 g/mol. The largest absolute Gasteiger partial charge is 0.319 e. The van der Waals surface area contributed by atoms with Crippen molar-refractivity contribution in [1.82, 2.24) is 20.0 Å². The van der Waals surface area contributed by atoms with Crippen LogP contribution in [0.1, 0.15) is 69.9 Å². The molecule has 1 aromatic heterocycles. The van der Waals surface area contributed by atoms with Crippen molar-refractivity contribution >= 4 is 0 Å². The van der Waals surface area contributed by atoms with Gasteiger partial charge in [0.15, 0.2) is 0 Å². The molecule has 1 saturated carbocycles. The first-order valence-electron chi connectivity index (χ1n) is 9.60. The molecule has 130 valence electrons. The van der Waals surface area contributed by atoms with Gasteiger partial charge in [-0.15, -0.1) is 0 Å². The summed E-state index contributed by atoms with van der Waals surface area (Å²) in [5.41, 5.74) is 1.37.